The number of aliphatic imine (C=N–C) groups is 1. The quantitative estimate of drug-likeness (QED) is 0.547. The fourth-order valence-electron chi connectivity index (χ4n) is 1.98. The summed E-state index contributed by atoms with van der Waals surface area (Å²) in [5.74, 6) is -0.670. The number of methoxy groups -OCH3 is 1. The molecule has 20 heavy (non-hydrogen) atoms. The van der Waals surface area contributed by atoms with Crippen molar-refractivity contribution in [3.05, 3.63) is 23.7 Å². The van der Waals surface area contributed by atoms with Crippen molar-refractivity contribution in [1.29, 1.82) is 0 Å². The molecule has 7 heteroatoms. The van der Waals surface area contributed by atoms with Gasteiger partial charge in [-0.15, -0.1) is 0 Å². The molecule has 0 saturated heterocycles. The SMILES string of the molecule is CC=CNC1=C(OC)C(=NCC(=O)O)C[C@@](O)(CO)C1. The van der Waals surface area contributed by atoms with Gasteiger partial charge in [-0.05, 0) is 13.1 Å². The maximum Gasteiger partial charge on any atom is 0.325 e. The summed E-state index contributed by atoms with van der Waals surface area (Å²) in [5, 5.41) is 31.2. The minimum atomic E-state index is -1.37. The Labute approximate surface area is 117 Å². The van der Waals surface area contributed by atoms with Crippen LogP contribution in [0.1, 0.15) is 19.8 Å². The number of rotatable bonds is 6. The number of allylic oxidation sites excluding steroid dienone is 2. The highest BCUT2D eigenvalue weighted by Crippen LogP contribution is 2.30. The lowest BCUT2D eigenvalue weighted by Gasteiger charge is -2.33. The first-order valence-electron chi connectivity index (χ1n) is 6.19. The van der Waals surface area contributed by atoms with Gasteiger partial charge in [-0.3, -0.25) is 9.79 Å². The van der Waals surface area contributed by atoms with Crippen LogP contribution in [0.5, 0.6) is 0 Å². The fourth-order valence-corrected chi connectivity index (χ4v) is 1.98. The summed E-state index contributed by atoms with van der Waals surface area (Å²) in [6, 6.07) is 0. The molecule has 0 heterocycles. The highest BCUT2D eigenvalue weighted by Gasteiger charge is 2.37. The highest BCUT2D eigenvalue weighted by atomic mass is 16.5. The van der Waals surface area contributed by atoms with Gasteiger partial charge in [0.15, 0.2) is 5.76 Å². The van der Waals surface area contributed by atoms with E-state index in [4.69, 9.17) is 9.84 Å². The molecule has 0 aromatic carbocycles. The third-order valence-corrected chi connectivity index (χ3v) is 2.87. The van der Waals surface area contributed by atoms with Gasteiger partial charge in [0.2, 0.25) is 0 Å². The number of aliphatic carboxylic acids is 1. The summed E-state index contributed by atoms with van der Waals surface area (Å²) in [6.45, 7) is 0.957. The molecule has 0 amide bonds. The van der Waals surface area contributed by atoms with Gasteiger partial charge in [0, 0.05) is 12.8 Å². The van der Waals surface area contributed by atoms with E-state index < -0.39 is 24.7 Å². The molecule has 0 spiro atoms. The number of aliphatic hydroxyl groups is 2. The number of hydrogen-bond acceptors (Lipinski definition) is 6. The minimum Gasteiger partial charge on any atom is -0.493 e. The fraction of sp³-hybridized carbons (Fsp3) is 0.538. The number of ether oxygens (including phenoxy) is 1. The third kappa shape index (κ3) is 4.07. The Hall–Kier alpha value is -1.86. The van der Waals surface area contributed by atoms with E-state index in [1.54, 1.807) is 12.3 Å². The van der Waals surface area contributed by atoms with Crippen LogP contribution in [-0.4, -0.2) is 52.9 Å². The zero-order valence-corrected chi connectivity index (χ0v) is 11.6. The minimum absolute atomic E-state index is 0.0426. The van der Waals surface area contributed by atoms with Crippen LogP contribution in [-0.2, 0) is 9.53 Å². The van der Waals surface area contributed by atoms with Crippen molar-refractivity contribution in [2.45, 2.75) is 25.4 Å². The maximum absolute atomic E-state index is 10.6. The van der Waals surface area contributed by atoms with Crippen molar-refractivity contribution in [2.75, 3.05) is 20.3 Å². The van der Waals surface area contributed by atoms with Gasteiger partial charge in [0.25, 0.3) is 0 Å². The van der Waals surface area contributed by atoms with E-state index in [1.165, 1.54) is 7.11 Å². The van der Waals surface area contributed by atoms with Crippen LogP contribution in [0.2, 0.25) is 0 Å². The molecule has 0 fully saturated rings. The molecule has 0 unspecified atom stereocenters. The second kappa shape index (κ2) is 7.06. The predicted octanol–water partition coefficient (Wildman–Crippen LogP) is 0.0104. The number of carbonyl (C=O) groups is 1. The molecule has 0 aromatic rings. The van der Waals surface area contributed by atoms with E-state index in [1.807, 2.05) is 6.92 Å². The maximum atomic E-state index is 10.6. The van der Waals surface area contributed by atoms with Crippen molar-refractivity contribution in [2.24, 2.45) is 4.99 Å². The lowest BCUT2D eigenvalue weighted by atomic mass is 9.85. The van der Waals surface area contributed by atoms with Gasteiger partial charge < -0.3 is 25.4 Å². The zero-order valence-electron chi connectivity index (χ0n) is 11.6. The van der Waals surface area contributed by atoms with Crippen LogP contribution in [0.4, 0.5) is 0 Å². The Morgan fingerprint density at radius 1 is 1.55 bits per heavy atom. The Bertz CT molecular complexity index is 456. The molecule has 0 radical (unpaired) electrons. The van der Waals surface area contributed by atoms with Crippen molar-refractivity contribution < 1.29 is 24.9 Å². The first-order chi connectivity index (χ1) is 9.45. The van der Waals surface area contributed by atoms with Crippen molar-refractivity contribution in [1.82, 2.24) is 5.32 Å². The molecule has 0 aromatic heterocycles. The van der Waals surface area contributed by atoms with Crippen LogP contribution in [0.25, 0.3) is 0 Å². The van der Waals surface area contributed by atoms with Crippen LogP contribution < -0.4 is 5.32 Å². The molecular formula is C13H20N2O5. The van der Waals surface area contributed by atoms with Gasteiger partial charge in [0.1, 0.15) is 6.54 Å². The Kier molecular flexibility index (Phi) is 5.72. The van der Waals surface area contributed by atoms with E-state index in [-0.39, 0.29) is 12.8 Å². The molecule has 0 bridgehead atoms. The second-order valence-corrected chi connectivity index (χ2v) is 4.55. The molecule has 1 atom stereocenters. The van der Waals surface area contributed by atoms with Crippen molar-refractivity contribution >= 4 is 11.7 Å². The van der Waals surface area contributed by atoms with Crippen LogP contribution in [0.3, 0.4) is 0 Å². The van der Waals surface area contributed by atoms with Gasteiger partial charge in [0.05, 0.1) is 30.7 Å². The highest BCUT2D eigenvalue weighted by molar-refractivity contribution is 6.01. The first-order valence-corrected chi connectivity index (χ1v) is 6.19. The molecule has 1 rings (SSSR count). The number of carboxylic acid groups (broad SMARTS) is 1. The number of nitrogens with zero attached hydrogens (tertiary/aromatic N) is 1. The van der Waals surface area contributed by atoms with E-state index in [2.05, 4.69) is 10.3 Å². The monoisotopic (exact) mass is 284 g/mol. The standard InChI is InChI=1S/C13H20N2O5/c1-3-4-14-9-5-13(19,8-16)6-10(12(9)20-2)15-7-11(17)18/h3-4,14,16,19H,5-8H2,1-2H3,(H,17,18)/t13-/m1/s1. The van der Waals surface area contributed by atoms with Gasteiger partial charge in [-0.1, -0.05) is 6.08 Å². The summed E-state index contributed by atoms with van der Waals surface area (Å²) >= 11 is 0. The Morgan fingerprint density at radius 2 is 2.25 bits per heavy atom. The smallest absolute Gasteiger partial charge is 0.325 e. The van der Waals surface area contributed by atoms with E-state index in [0.717, 1.165) is 0 Å². The van der Waals surface area contributed by atoms with Crippen LogP contribution >= 0.6 is 0 Å². The molecule has 0 saturated carbocycles. The third-order valence-electron chi connectivity index (χ3n) is 2.87. The summed E-state index contributed by atoms with van der Waals surface area (Å²) < 4.78 is 5.25. The van der Waals surface area contributed by atoms with Gasteiger partial charge in [-0.25, -0.2) is 0 Å². The van der Waals surface area contributed by atoms with E-state index >= 15 is 0 Å². The topological polar surface area (TPSA) is 111 Å². The molecule has 1 aliphatic rings. The van der Waals surface area contributed by atoms with E-state index in [9.17, 15) is 15.0 Å². The first kappa shape index (κ1) is 16.2. The second-order valence-electron chi connectivity index (χ2n) is 4.55. The van der Waals surface area contributed by atoms with Gasteiger partial charge in [-0.2, -0.15) is 0 Å². The number of carboxylic acids is 1. The molecule has 0 aliphatic heterocycles. The molecule has 112 valence electrons. The zero-order chi connectivity index (χ0) is 15.2. The summed E-state index contributed by atoms with van der Waals surface area (Å²) in [6.07, 6.45) is 3.64. The summed E-state index contributed by atoms with van der Waals surface area (Å²) in [5.41, 5.74) is -0.495. The molecular weight excluding hydrogens is 264 g/mol. The normalized spacial score (nSPS) is 25.3. The summed E-state index contributed by atoms with van der Waals surface area (Å²) in [7, 11) is 1.45. The Morgan fingerprint density at radius 3 is 2.75 bits per heavy atom. The van der Waals surface area contributed by atoms with Gasteiger partial charge >= 0.3 is 5.97 Å². The number of nitrogens with one attached hydrogen (secondary N) is 1. The summed E-state index contributed by atoms with van der Waals surface area (Å²) in [4.78, 5) is 14.6. The lowest BCUT2D eigenvalue weighted by molar-refractivity contribution is -0.135. The number of aliphatic hydroxyl groups excluding tert-OH is 1. The largest absolute Gasteiger partial charge is 0.493 e. The van der Waals surface area contributed by atoms with Crippen LogP contribution in [0, 0.1) is 0 Å². The van der Waals surface area contributed by atoms with E-state index in [0.29, 0.717) is 17.2 Å². The molecule has 1 aliphatic carbocycles. The average molecular weight is 284 g/mol. The Balaban J connectivity index is 3.16. The van der Waals surface area contributed by atoms with Crippen LogP contribution in [0.15, 0.2) is 28.7 Å². The average Bonchev–Trinajstić information content (AvgIpc) is 2.42. The van der Waals surface area contributed by atoms with Crippen molar-refractivity contribution in [3.8, 4) is 0 Å². The molecule has 4 N–H and O–H groups in total. The lowest BCUT2D eigenvalue weighted by Crippen LogP contribution is -2.42. The number of hydrogen-bond donors (Lipinski definition) is 4. The van der Waals surface area contributed by atoms with Crippen molar-refractivity contribution in [3.63, 3.8) is 0 Å². The molecule has 7 nitrogen and oxygen atoms in total. The predicted molar refractivity (Wildman–Crippen MR) is 73.2 cm³/mol.